The Morgan fingerprint density at radius 1 is 1.31 bits per heavy atom. The van der Waals surface area contributed by atoms with Crippen LogP contribution in [-0.4, -0.2) is 35.8 Å². The average Bonchev–Trinajstić information content (AvgIpc) is 2.75. The number of hydrogen-bond donors (Lipinski definition) is 1. The molecule has 2 heterocycles. The highest BCUT2D eigenvalue weighted by atomic mass is 16.5. The van der Waals surface area contributed by atoms with Crippen molar-refractivity contribution in [2.24, 2.45) is 5.73 Å². The van der Waals surface area contributed by atoms with E-state index >= 15 is 0 Å². The van der Waals surface area contributed by atoms with Crippen LogP contribution in [-0.2, 0) is 6.54 Å². The standard InChI is InChI=1S/C22H23N5O2/c1-29-18-8-9-20-19(11-18)21(28)27(13-16-6-3-2-5-15(16)12-23)22(25-20)26-10-4-7-17(24)14-26/h2-3,5-6,8-9,11,17H,4,7,10,13-14,24H2,1H3/t17-/m1/s1. The van der Waals surface area contributed by atoms with Gasteiger partial charge in [-0.15, -0.1) is 0 Å². The summed E-state index contributed by atoms with van der Waals surface area (Å²) in [6, 6.07) is 14.9. The van der Waals surface area contributed by atoms with E-state index in [4.69, 9.17) is 15.5 Å². The number of ether oxygens (including phenoxy) is 1. The van der Waals surface area contributed by atoms with E-state index in [0.29, 0.717) is 34.7 Å². The fourth-order valence-electron chi connectivity index (χ4n) is 3.83. The highest BCUT2D eigenvalue weighted by molar-refractivity contribution is 5.80. The number of methoxy groups -OCH3 is 1. The summed E-state index contributed by atoms with van der Waals surface area (Å²) >= 11 is 0. The van der Waals surface area contributed by atoms with Crippen LogP contribution in [0.25, 0.3) is 10.9 Å². The van der Waals surface area contributed by atoms with E-state index in [1.54, 1.807) is 35.9 Å². The normalized spacial score (nSPS) is 16.6. The fourth-order valence-corrected chi connectivity index (χ4v) is 3.83. The number of aromatic nitrogens is 2. The zero-order chi connectivity index (χ0) is 20.4. The van der Waals surface area contributed by atoms with Crippen molar-refractivity contribution in [3.63, 3.8) is 0 Å². The zero-order valence-corrected chi connectivity index (χ0v) is 16.3. The van der Waals surface area contributed by atoms with Crippen molar-refractivity contribution in [1.82, 2.24) is 9.55 Å². The number of nitrogens with two attached hydrogens (primary N) is 1. The summed E-state index contributed by atoms with van der Waals surface area (Å²) in [6.45, 7) is 1.71. The first kappa shape index (κ1) is 19.0. The molecule has 3 aromatic rings. The van der Waals surface area contributed by atoms with Gasteiger partial charge in [0.1, 0.15) is 5.75 Å². The van der Waals surface area contributed by atoms with Gasteiger partial charge in [0, 0.05) is 19.1 Å². The molecule has 4 rings (SSSR count). The summed E-state index contributed by atoms with van der Waals surface area (Å²) in [4.78, 5) is 20.4. The molecule has 0 radical (unpaired) electrons. The number of nitrogens with zero attached hydrogens (tertiary/aromatic N) is 4. The molecular weight excluding hydrogens is 366 g/mol. The zero-order valence-electron chi connectivity index (χ0n) is 16.3. The van der Waals surface area contributed by atoms with Crippen molar-refractivity contribution in [1.29, 1.82) is 5.26 Å². The van der Waals surface area contributed by atoms with Crippen molar-refractivity contribution < 1.29 is 4.74 Å². The Kier molecular flexibility index (Phi) is 5.19. The SMILES string of the molecule is COc1ccc2nc(N3CCC[C@@H](N)C3)n(Cc3ccccc3C#N)c(=O)c2c1. The molecule has 0 aliphatic carbocycles. The van der Waals surface area contributed by atoms with E-state index in [1.807, 2.05) is 18.2 Å². The monoisotopic (exact) mass is 389 g/mol. The van der Waals surface area contributed by atoms with E-state index in [2.05, 4.69) is 11.0 Å². The molecule has 1 fully saturated rings. The van der Waals surface area contributed by atoms with E-state index in [1.165, 1.54) is 0 Å². The minimum atomic E-state index is -0.157. The highest BCUT2D eigenvalue weighted by Gasteiger charge is 2.23. The first-order chi connectivity index (χ1) is 14.1. The summed E-state index contributed by atoms with van der Waals surface area (Å²) in [5, 5.41) is 9.95. The van der Waals surface area contributed by atoms with Crippen LogP contribution in [0.1, 0.15) is 24.0 Å². The molecule has 1 aliphatic rings. The lowest BCUT2D eigenvalue weighted by atomic mass is 10.1. The van der Waals surface area contributed by atoms with Crippen LogP contribution in [0.2, 0.25) is 0 Å². The van der Waals surface area contributed by atoms with Crippen LogP contribution in [0.4, 0.5) is 5.95 Å². The maximum atomic E-state index is 13.5. The van der Waals surface area contributed by atoms with Gasteiger partial charge in [-0.3, -0.25) is 9.36 Å². The lowest BCUT2D eigenvalue weighted by Gasteiger charge is -2.33. The molecule has 29 heavy (non-hydrogen) atoms. The fraction of sp³-hybridized carbons (Fsp3) is 0.318. The Morgan fingerprint density at radius 2 is 2.14 bits per heavy atom. The second-order valence-electron chi connectivity index (χ2n) is 7.30. The maximum Gasteiger partial charge on any atom is 0.263 e. The van der Waals surface area contributed by atoms with Crippen LogP contribution < -0.4 is 20.9 Å². The predicted molar refractivity (Wildman–Crippen MR) is 112 cm³/mol. The topological polar surface area (TPSA) is 97.2 Å². The number of piperidine rings is 1. The lowest BCUT2D eigenvalue weighted by molar-refractivity contribution is 0.415. The molecule has 0 saturated carbocycles. The molecule has 1 aliphatic heterocycles. The largest absolute Gasteiger partial charge is 0.497 e. The van der Waals surface area contributed by atoms with Crippen molar-refractivity contribution >= 4 is 16.9 Å². The second-order valence-corrected chi connectivity index (χ2v) is 7.30. The van der Waals surface area contributed by atoms with Gasteiger partial charge < -0.3 is 15.4 Å². The van der Waals surface area contributed by atoms with Crippen LogP contribution >= 0.6 is 0 Å². The number of rotatable bonds is 4. The van der Waals surface area contributed by atoms with E-state index in [0.717, 1.165) is 24.9 Å². The summed E-state index contributed by atoms with van der Waals surface area (Å²) in [6.07, 6.45) is 1.91. The van der Waals surface area contributed by atoms with E-state index in [-0.39, 0.29) is 18.1 Å². The molecule has 2 aromatic carbocycles. The molecule has 7 heteroatoms. The van der Waals surface area contributed by atoms with Crippen molar-refractivity contribution in [3.05, 3.63) is 63.9 Å². The summed E-state index contributed by atoms with van der Waals surface area (Å²) in [5.74, 6) is 1.20. The van der Waals surface area contributed by atoms with Gasteiger partial charge in [0.2, 0.25) is 5.95 Å². The van der Waals surface area contributed by atoms with Gasteiger partial charge in [0.15, 0.2) is 0 Å². The van der Waals surface area contributed by atoms with Crippen LogP contribution in [0.3, 0.4) is 0 Å². The molecule has 0 amide bonds. The van der Waals surface area contributed by atoms with Gasteiger partial charge >= 0.3 is 0 Å². The summed E-state index contributed by atoms with van der Waals surface area (Å²) in [7, 11) is 1.57. The van der Waals surface area contributed by atoms with Crippen LogP contribution in [0.15, 0.2) is 47.3 Å². The van der Waals surface area contributed by atoms with Gasteiger partial charge in [0.05, 0.1) is 36.2 Å². The molecule has 0 spiro atoms. The number of anilines is 1. The smallest absolute Gasteiger partial charge is 0.263 e. The molecule has 2 N–H and O–H groups in total. The lowest BCUT2D eigenvalue weighted by Crippen LogP contribution is -2.45. The number of benzene rings is 2. The molecule has 1 atom stereocenters. The maximum absolute atomic E-state index is 13.5. The van der Waals surface area contributed by atoms with Crippen LogP contribution in [0.5, 0.6) is 5.75 Å². The summed E-state index contributed by atoms with van der Waals surface area (Å²) < 4.78 is 6.94. The van der Waals surface area contributed by atoms with Crippen molar-refractivity contribution in [2.75, 3.05) is 25.1 Å². The third kappa shape index (κ3) is 3.67. The third-order valence-corrected chi connectivity index (χ3v) is 5.35. The molecule has 1 saturated heterocycles. The molecule has 148 valence electrons. The minimum absolute atomic E-state index is 0.0482. The number of nitriles is 1. The Morgan fingerprint density at radius 3 is 2.90 bits per heavy atom. The Labute approximate surface area is 169 Å². The van der Waals surface area contributed by atoms with Crippen molar-refractivity contribution in [2.45, 2.75) is 25.4 Å². The van der Waals surface area contributed by atoms with E-state index in [9.17, 15) is 10.1 Å². The second kappa shape index (κ2) is 7.94. The first-order valence-electron chi connectivity index (χ1n) is 9.68. The number of fused-ring (bicyclic) bond motifs is 1. The molecule has 0 unspecified atom stereocenters. The molecule has 0 bridgehead atoms. The highest BCUT2D eigenvalue weighted by Crippen LogP contribution is 2.23. The predicted octanol–water partition coefficient (Wildman–Crippen LogP) is 2.25. The summed E-state index contributed by atoms with van der Waals surface area (Å²) in [5.41, 5.74) is 7.98. The Bertz CT molecular complexity index is 1150. The van der Waals surface area contributed by atoms with Crippen molar-refractivity contribution in [3.8, 4) is 11.8 Å². The molecule has 1 aromatic heterocycles. The minimum Gasteiger partial charge on any atom is -0.497 e. The Balaban J connectivity index is 1.91. The van der Waals surface area contributed by atoms with Gasteiger partial charge in [-0.2, -0.15) is 5.26 Å². The first-order valence-corrected chi connectivity index (χ1v) is 9.68. The molecule has 7 nitrogen and oxygen atoms in total. The van der Waals surface area contributed by atoms with E-state index < -0.39 is 0 Å². The van der Waals surface area contributed by atoms with Gasteiger partial charge in [-0.05, 0) is 42.7 Å². The third-order valence-electron chi connectivity index (χ3n) is 5.35. The quantitative estimate of drug-likeness (QED) is 0.735. The molecular formula is C22H23N5O2. The van der Waals surface area contributed by atoms with Gasteiger partial charge in [-0.1, -0.05) is 18.2 Å². The average molecular weight is 389 g/mol. The van der Waals surface area contributed by atoms with Crippen LogP contribution in [0, 0.1) is 11.3 Å². The number of hydrogen-bond acceptors (Lipinski definition) is 6. The Hall–Kier alpha value is -3.37. The van der Waals surface area contributed by atoms with Gasteiger partial charge in [-0.25, -0.2) is 4.98 Å². The van der Waals surface area contributed by atoms with Gasteiger partial charge in [0.25, 0.3) is 5.56 Å².